The lowest BCUT2D eigenvalue weighted by Gasteiger charge is -2.13. The Hall–Kier alpha value is -0.980. The minimum atomic E-state index is -0.104. The molecule has 1 rings (SSSR count). The van der Waals surface area contributed by atoms with Gasteiger partial charge in [-0.15, -0.1) is 0 Å². The van der Waals surface area contributed by atoms with Gasteiger partial charge in [-0.25, -0.2) is 0 Å². The van der Waals surface area contributed by atoms with Gasteiger partial charge in [0.05, 0.1) is 33.0 Å². The molecule has 1 fully saturated rings. The second-order valence-electron chi connectivity index (χ2n) is 3.45. The Morgan fingerprint density at radius 3 is 2.12 bits per heavy atom. The lowest BCUT2D eigenvalue weighted by molar-refractivity contribution is -0.139. The molecule has 0 aromatic heterocycles. The molecule has 0 radical (unpaired) electrons. The van der Waals surface area contributed by atoms with Crippen LogP contribution in [0.25, 0.3) is 0 Å². The topological polar surface area (TPSA) is 81.9 Å². The Morgan fingerprint density at radius 1 is 1.00 bits per heavy atom. The van der Waals surface area contributed by atoms with Crippen molar-refractivity contribution in [1.29, 1.82) is 0 Å². The molecule has 0 aliphatic carbocycles. The summed E-state index contributed by atoms with van der Waals surface area (Å²) in [6, 6.07) is 0. The zero-order chi connectivity index (χ0) is 11.8. The molecule has 6 heteroatoms. The number of carbonyl (C=O) groups is 2. The Kier molecular flexibility index (Phi) is 5.99. The number of hydrogen-bond acceptors (Lipinski definition) is 5. The van der Waals surface area contributed by atoms with Crippen LogP contribution in [0.3, 0.4) is 0 Å². The van der Waals surface area contributed by atoms with Gasteiger partial charge in [0.2, 0.25) is 11.8 Å². The third kappa shape index (κ3) is 4.26. The summed E-state index contributed by atoms with van der Waals surface area (Å²) in [5.41, 5.74) is 5.24. The quantitative estimate of drug-likeness (QED) is 0.433. The zero-order valence-electron chi connectivity index (χ0n) is 9.31. The number of ether oxygens (including phenoxy) is 2. The molecule has 2 amide bonds. The standard InChI is InChI=1S/C10H18N2O4/c11-3-5-15-7-8-16-6-4-12-9(13)1-2-10(12)14/h1-8,11H2. The predicted molar refractivity (Wildman–Crippen MR) is 56.6 cm³/mol. The molecule has 1 heterocycles. The molecule has 0 unspecified atom stereocenters. The third-order valence-corrected chi connectivity index (χ3v) is 2.25. The van der Waals surface area contributed by atoms with Crippen LogP contribution in [0.5, 0.6) is 0 Å². The van der Waals surface area contributed by atoms with Crippen molar-refractivity contribution in [1.82, 2.24) is 4.90 Å². The van der Waals surface area contributed by atoms with E-state index < -0.39 is 0 Å². The molecule has 1 aliphatic heterocycles. The van der Waals surface area contributed by atoms with Gasteiger partial charge in [0.1, 0.15) is 0 Å². The summed E-state index contributed by atoms with van der Waals surface area (Å²) >= 11 is 0. The lowest BCUT2D eigenvalue weighted by atomic mass is 10.4. The van der Waals surface area contributed by atoms with Gasteiger partial charge in [0, 0.05) is 19.4 Å². The maximum atomic E-state index is 11.2. The lowest BCUT2D eigenvalue weighted by Crippen LogP contribution is -2.32. The molecule has 0 saturated carbocycles. The highest BCUT2D eigenvalue weighted by atomic mass is 16.5. The molecule has 1 aliphatic rings. The second-order valence-corrected chi connectivity index (χ2v) is 3.45. The van der Waals surface area contributed by atoms with Gasteiger partial charge in [-0.05, 0) is 0 Å². The van der Waals surface area contributed by atoms with Gasteiger partial charge < -0.3 is 15.2 Å². The van der Waals surface area contributed by atoms with Crippen molar-refractivity contribution in [3.05, 3.63) is 0 Å². The van der Waals surface area contributed by atoms with Crippen molar-refractivity contribution in [2.45, 2.75) is 12.8 Å². The van der Waals surface area contributed by atoms with Crippen LogP contribution in [-0.4, -0.2) is 56.2 Å². The summed E-state index contributed by atoms with van der Waals surface area (Å²) in [5.74, 6) is -0.207. The Bertz CT molecular complexity index is 229. The fourth-order valence-electron chi connectivity index (χ4n) is 1.43. The summed E-state index contributed by atoms with van der Waals surface area (Å²) in [6.45, 7) is 2.66. The largest absolute Gasteiger partial charge is 0.378 e. The first-order valence-electron chi connectivity index (χ1n) is 5.44. The summed E-state index contributed by atoms with van der Waals surface area (Å²) in [5, 5.41) is 0. The Morgan fingerprint density at radius 2 is 1.56 bits per heavy atom. The summed E-state index contributed by atoms with van der Waals surface area (Å²) in [7, 11) is 0. The number of imide groups is 1. The zero-order valence-corrected chi connectivity index (χ0v) is 9.31. The summed E-state index contributed by atoms with van der Waals surface area (Å²) in [6.07, 6.45) is 0.664. The number of nitrogens with zero attached hydrogens (tertiary/aromatic N) is 1. The fraction of sp³-hybridized carbons (Fsp3) is 0.800. The minimum absolute atomic E-state index is 0.104. The van der Waals surface area contributed by atoms with Crippen molar-refractivity contribution in [3.8, 4) is 0 Å². The molecule has 6 nitrogen and oxygen atoms in total. The molecule has 0 spiro atoms. The molecule has 2 N–H and O–H groups in total. The molecule has 0 bridgehead atoms. The van der Waals surface area contributed by atoms with Crippen LogP contribution < -0.4 is 5.73 Å². The number of rotatable bonds is 8. The van der Waals surface area contributed by atoms with Gasteiger partial charge in [0.25, 0.3) is 0 Å². The Labute approximate surface area is 94.7 Å². The van der Waals surface area contributed by atoms with E-state index in [9.17, 15) is 9.59 Å². The molecule has 0 aromatic carbocycles. The smallest absolute Gasteiger partial charge is 0.229 e. The van der Waals surface area contributed by atoms with Crippen molar-refractivity contribution >= 4 is 11.8 Å². The number of likely N-dealkylation sites (tertiary alicyclic amines) is 1. The van der Waals surface area contributed by atoms with Crippen LogP contribution in [0.1, 0.15) is 12.8 Å². The predicted octanol–water partition coefficient (Wildman–Crippen LogP) is -0.873. The molecule has 1 saturated heterocycles. The van der Waals surface area contributed by atoms with Gasteiger partial charge in [-0.2, -0.15) is 0 Å². The van der Waals surface area contributed by atoms with E-state index in [2.05, 4.69) is 0 Å². The van der Waals surface area contributed by atoms with Crippen molar-refractivity contribution < 1.29 is 19.1 Å². The maximum absolute atomic E-state index is 11.2. The van der Waals surface area contributed by atoms with Crippen LogP contribution in [0.4, 0.5) is 0 Å². The number of nitrogens with two attached hydrogens (primary N) is 1. The van der Waals surface area contributed by atoms with E-state index in [-0.39, 0.29) is 11.8 Å². The van der Waals surface area contributed by atoms with Gasteiger partial charge >= 0.3 is 0 Å². The average Bonchev–Trinajstić information content (AvgIpc) is 2.59. The van der Waals surface area contributed by atoms with E-state index in [0.717, 1.165) is 0 Å². The van der Waals surface area contributed by atoms with Crippen LogP contribution >= 0.6 is 0 Å². The number of hydrogen-bond donors (Lipinski definition) is 1. The summed E-state index contributed by atoms with van der Waals surface area (Å²) < 4.78 is 10.3. The molecule has 16 heavy (non-hydrogen) atoms. The van der Waals surface area contributed by atoms with E-state index in [1.54, 1.807) is 0 Å². The van der Waals surface area contributed by atoms with Crippen LogP contribution in [0, 0.1) is 0 Å². The Balaban J connectivity index is 1.98. The first kappa shape index (κ1) is 13.1. The van der Waals surface area contributed by atoms with E-state index in [1.165, 1.54) is 4.90 Å². The van der Waals surface area contributed by atoms with Gasteiger partial charge in [-0.1, -0.05) is 0 Å². The summed E-state index contributed by atoms with van der Waals surface area (Å²) in [4.78, 5) is 23.7. The highest BCUT2D eigenvalue weighted by molar-refractivity contribution is 6.01. The van der Waals surface area contributed by atoms with Gasteiger partial charge in [0.15, 0.2) is 0 Å². The molecular weight excluding hydrogens is 212 g/mol. The second kappa shape index (κ2) is 7.32. The van der Waals surface area contributed by atoms with E-state index >= 15 is 0 Å². The van der Waals surface area contributed by atoms with Crippen molar-refractivity contribution in [2.75, 3.05) is 39.5 Å². The third-order valence-electron chi connectivity index (χ3n) is 2.25. The highest BCUT2D eigenvalue weighted by Crippen LogP contribution is 2.10. The van der Waals surface area contributed by atoms with E-state index in [1.807, 2.05) is 0 Å². The minimum Gasteiger partial charge on any atom is -0.378 e. The van der Waals surface area contributed by atoms with E-state index in [0.29, 0.717) is 52.4 Å². The van der Waals surface area contributed by atoms with Gasteiger partial charge in [-0.3, -0.25) is 14.5 Å². The van der Waals surface area contributed by atoms with Crippen LogP contribution in [0.15, 0.2) is 0 Å². The fourth-order valence-corrected chi connectivity index (χ4v) is 1.43. The SMILES string of the molecule is NCCOCCOCCN1C(=O)CCC1=O. The molecule has 0 aromatic rings. The average molecular weight is 230 g/mol. The first-order chi connectivity index (χ1) is 7.75. The van der Waals surface area contributed by atoms with Crippen LogP contribution in [0.2, 0.25) is 0 Å². The number of carbonyl (C=O) groups excluding carboxylic acids is 2. The molecule has 0 atom stereocenters. The van der Waals surface area contributed by atoms with E-state index in [4.69, 9.17) is 15.2 Å². The monoisotopic (exact) mass is 230 g/mol. The number of amides is 2. The maximum Gasteiger partial charge on any atom is 0.229 e. The molecule has 92 valence electrons. The van der Waals surface area contributed by atoms with Crippen molar-refractivity contribution in [2.24, 2.45) is 5.73 Å². The van der Waals surface area contributed by atoms with Crippen LogP contribution in [-0.2, 0) is 19.1 Å². The highest BCUT2D eigenvalue weighted by Gasteiger charge is 2.27. The first-order valence-corrected chi connectivity index (χ1v) is 5.44. The normalized spacial score (nSPS) is 16.2. The molecular formula is C10H18N2O4. The van der Waals surface area contributed by atoms with Crippen molar-refractivity contribution in [3.63, 3.8) is 0 Å².